The van der Waals surface area contributed by atoms with Crippen molar-refractivity contribution in [3.63, 3.8) is 0 Å². The number of nitrogens with one attached hydrogen (secondary N) is 1. The molecule has 1 saturated carbocycles. The molecule has 4 rings (SSSR count). The molecule has 1 aromatic heterocycles. The SMILES string of the molecule is O[C@@H]1CC[C@@H]2C[C@H]1Cc1c2[nH]c2ccccc12. The van der Waals surface area contributed by atoms with Gasteiger partial charge in [0.05, 0.1) is 6.10 Å². The highest BCUT2D eigenvalue weighted by atomic mass is 16.3. The standard InChI is InChI=1S/C15H17NO/c17-14-6-5-9-7-10(14)8-12-11-3-1-2-4-13(11)16-15(9)12/h1-4,9-10,14,16-17H,5-8H2/t9-,10+,14-/m1/s1. The minimum Gasteiger partial charge on any atom is -0.393 e. The van der Waals surface area contributed by atoms with E-state index >= 15 is 0 Å². The molecular weight excluding hydrogens is 210 g/mol. The zero-order valence-electron chi connectivity index (χ0n) is 9.82. The largest absolute Gasteiger partial charge is 0.393 e. The van der Waals surface area contributed by atoms with Crippen LogP contribution in [0, 0.1) is 5.92 Å². The average Bonchev–Trinajstić information content (AvgIpc) is 2.73. The van der Waals surface area contributed by atoms with E-state index in [0.717, 1.165) is 19.3 Å². The first-order chi connectivity index (χ1) is 8.33. The predicted molar refractivity (Wildman–Crippen MR) is 68.1 cm³/mol. The van der Waals surface area contributed by atoms with E-state index in [2.05, 4.69) is 29.2 Å². The molecule has 2 N–H and O–H groups in total. The third-order valence-corrected chi connectivity index (χ3v) is 4.66. The Kier molecular flexibility index (Phi) is 1.92. The van der Waals surface area contributed by atoms with Gasteiger partial charge in [0.25, 0.3) is 0 Å². The summed E-state index contributed by atoms with van der Waals surface area (Å²) in [6.07, 6.45) is 4.26. The van der Waals surface area contributed by atoms with E-state index in [1.54, 1.807) is 0 Å². The Hall–Kier alpha value is -1.28. The fraction of sp³-hybridized carbons (Fsp3) is 0.467. The van der Waals surface area contributed by atoms with Crippen LogP contribution < -0.4 is 0 Å². The number of aliphatic hydroxyl groups excluding tert-OH is 1. The molecule has 88 valence electrons. The van der Waals surface area contributed by atoms with Crippen molar-refractivity contribution in [1.29, 1.82) is 0 Å². The molecule has 1 fully saturated rings. The number of H-pyrrole nitrogens is 1. The second-order valence-electron chi connectivity index (χ2n) is 5.60. The molecule has 3 atom stereocenters. The van der Waals surface area contributed by atoms with Crippen molar-refractivity contribution in [2.75, 3.05) is 0 Å². The molecule has 1 heterocycles. The van der Waals surface area contributed by atoms with E-state index in [4.69, 9.17) is 0 Å². The van der Waals surface area contributed by atoms with Crippen LogP contribution in [0.25, 0.3) is 10.9 Å². The average molecular weight is 227 g/mol. The maximum absolute atomic E-state index is 10.0. The van der Waals surface area contributed by atoms with Crippen LogP contribution in [-0.2, 0) is 6.42 Å². The zero-order valence-corrected chi connectivity index (χ0v) is 9.82. The normalized spacial score (nSPS) is 31.5. The first kappa shape index (κ1) is 9.72. The molecule has 2 aliphatic carbocycles. The van der Waals surface area contributed by atoms with Crippen LogP contribution in [0.4, 0.5) is 0 Å². The lowest BCUT2D eigenvalue weighted by molar-refractivity contribution is 0.0557. The summed E-state index contributed by atoms with van der Waals surface area (Å²) in [7, 11) is 0. The molecule has 2 aromatic rings. The second kappa shape index (κ2) is 3.36. The molecule has 1 aromatic carbocycles. The summed E-state index contributed by atoms with van der Waals surface area (Å²) in [6, 6.07) is 8.56. The van der Waals surface area contributed by atoms with Crippen molar-refractivity contribution in [1.82, 2.24) is 4.98 Å². The van der Waals surface area contributed by atoms with Crippen LogP contribution >= 0.6 is 0 Å². The third-order valence-electron chi connectivity index (χ3n) is 4.66. The number of hydrogen-bond acceptors (Lipinski definition) is 1. The van der Waals surface area contributed by atoms with Gasteiger partial charge < -0.3 is 10.1 Å². The quantitative estimate of drug-likeness (QED) is 0.713. The monoisotopic (exact) mass is 227 g/mol. The van der Waals surface area contributed by atoms with Crippen molar-refractivity contribution in [2.45, 2.75) is 37.7 Å². The number of hydrogen-bond donors (Lipinski definition) is 2. The summed E-state index contributed by atoms with van der Waals surface area (Å²) in [4.78, 5) is 3.60. The first-order valence-corrected chi connectivity index (χ1v) is 6.60. The molecular formula is C15H17NO. The third kappa shape index (κ3) is 1.31. The maximum Gasteiger partial charge on any atom is 0.0572 e. The Labute approximate surface area is 101 Å². The van der Waals surface area contributed by atoms with Crippen molar-refractivity contribution < 1.29 is 5.11 Å². The van der Waals surface area contributed by atoms with Crippen molar-refractivity contribution in [3.05, 3.63) is 35.5 Å². The van der Waals surface area contributed by atoms with E-state index in [9.17, 15) is 5.11 Å². The Bertz CT molecular complexity index is 571. The molecule has 2 nitrogen and oxygen atoms in total. The molecule has 0 radical (unpaired) electrons. The van der Waals surface area contributed by atoms with Gasteiger partial charge in [0.2, 0.25) is 0 Å². The van der Waals surface area contributed by atoms with Gasteiger partial charge in [-0.15, -0.1) is 0 Å². The van der Waals surface area contributed by atoms with Crippen molar-refractivity contribution in [3.8, 4) is 0 Å². The summed E-state index contributed by atoms with van der Waals surface area (Å²) in [6.45, 7) is 0. The number of aromatic nitrogens is 1. The lowest BCUT2D eigenvalue weighted by atomic mass is 9.70. The summed E-state index contributed by atoms with van der Waals surface area (Å²) < 4.78 is 0. The fourth-order valence-corrected chi connectivity index (χ4v) is 3.78. The van der Waals surface area contributed by atoms with Gasteiger partial charge in [-0.2, -0.15) is 0 Å². The van der Waals surface area contributed by atoms with Crippen LogP contribution in [-0.4, -0.2) is 16.2 Å². The zero-order chi connectivity index (χ0) is 11.4. The Morgan fingerprint density at radius 1 is 1.18 bits per heavy atom. The van der Waals surface area contributed by atoms with Gasteiger partial charge in [-0.1, -0.05) is 18.2 Å². The van der Waals surface area contributed by atoms with Gasteiger partial charge in [-0.05, 0) is 49.1 Å². The van der Waals surface area contributed by atoms with Gasteiger partial charge in [0.15, 0.2) is 0 Å². The highest BCUT2D eigenvalue weighted by Crippen LogP contribution is 2.45. The van der Waals surface area contributed by atoms with Crippen LogP contribution in [0.2, 0.25) is 0 Å². The Morgan fingerprint density at radius 2 is 2.06 bits per heavy atom. The number of para-hydroxylation sites is 1. The van der Waals surface area contributed by atoms with E-state index in [1.807, 2.05) is 0 Å². The van der Waals surface area contributed by atoms with Gasteiger partial charge in [0, 0.05) is 16.6 Å². The summed E-state index contributed by atoms with van der Waals surface area (Å²) in [5.74, 6) is 1.14. The minimum atomic E-state index is -0.0759. The molecule has 0 saturated heterocycles. The molecule has 2 bridgehead atoms. The van der Waals surface area contributed by atoms with Gasteiger partial charge in [-0.25, -0.2) is 0 Å². The fourth-order valence-electron chi connectivity index (χ4n) is 3.78. The number of benzene rings is 1. The molecule has 2 heteroatoms. The predicted octanol–water partition coefficient (Wildman–Crippen LogP) is 2.97. The Balaban J connectivity index is 1.93. The topological polar surface area (TPSA) is 36.0 Å². The van der Waals surface area contributed by atoms with E-state index in [-0.39, 0.29) is 6.10 Å². The molecule has 0 aliphatic heterocycles. The molecule has 0 spiro atoms. The molecule has 0 unspecified atom stereocenters. The van der Waals surface area contributed by atoms with Gasteiger partial charge in [-0.3, -0.25) is 0 Å². The smallest absolute Gasteiger partial charge is 0.0572 e. The number of aromatic amines is 1. The van der Waals surface area contributed by atoms with E-state index in [1.165, 1.54) is 28.6 Å². The second-order valence-corrected chi connectivity index (χ2v) is 5.60. The van der Waals surface area contributed by atoms with E-state index < -0.39 is 0 Å². The maximum atomic E-state index is 10.0. The molecule has 0 amide bonds. The number of aliphatic hydroxyl groups is 1. The van der Waals surface area contributed by atoms with Crippen LogP contribution in [0.3, 0.4) is 0 Å². The number of fused-ring (bicyclic) bond motifs is 6. The highest BCUT2D eigenvalue weighted by Gasteiger charge is 2.37. The highest BCUT2D eigenvalue weighted by molar-refractivity contribution is 5.85. The van der Waals surface area contributed by atoms with Crippen molar-refractivity contribution in [2.24, 2.45) is 5.92 Å². The lowest BCUT2D eigenvalue weighted by Gasteiger charge is -2.37. The van der Waals surface area contributed by atoms with E-state index in [0.29, 0.717) is 11.8 Å². The van der Waals surface area contributed by atoms with Crippen LogP contribution in [0.15, 0.2) is 24.3 Å². The number of rotatable bonds is 0. The molecule has 2 aliphatic rings. The van der Waals surface area contributed by atoms with Crippen LogP contribution in [0.1, 0.15) is 36.4 Å². The molecule has 17 heavy (non-hydrogen) atoms. The van der Waals surface area contributed by atoms with Crippen LogP contribution in [0.5, 0.6) is 0 Å². The van der Waals surface area contributed by atoms with Gasteiger partial charge in [0.1, 0.15) is 0 Å². The summed E-state index contributed by atoms with van der Waals surface area (Å²) in [5, 5.41) is 11.4. The minimum absolute atomic E-state index is 0.0759. The lowest BCUT2D eigenvalue weighted by Crippen LogP contribution is -2.33. The first-order valence-electron chi connectivity index (χ1n) is 6.60. The summed E-state index contributed by atoms with van der Waals surface area (Å²) in [5.41, 5.74) is 4.19. The Morgan fingerprint density at radius 3 is 3.00 bits per heavy atom. The summed E-state index contributed by atoms with van der Waals surface area (Å²) >= 11 is 0. The van der Waals surface area contributed by atoms with Crippen molar-refractivity contribution >= 4 is 10.9 Å². The van der Waals surface area contributed by atoms with Gasteiger partial charge >= 0.3 is 0 Å².